The van der Waals surface area contributed by atoms with Gasteiger partial charge in [0.05, 0.1) is 4.92 Å². The lowest BCUT2D eigenvalue weighted by molar-refractivity contribution is -0.385. The zero-order valence-corrected chi connectivity index (χ0v) is 12.1. The molecule has 2 aromatic rings. The molecule has 0 spiro atoms. The van der Waals surface area contributed by atoms with Crippen LogP contribution in [0.3, 0.4) is 0 Å². The summed E-state index contributed by atoms with van der Waals surface area (Å²) < 4.78 is 0. The van der Waals surface area contributed by atoms with Crippen molar-refractivity contribution in [2.45, 2.75) is 18.9 Å². The second kappa shape index (κ2) is 5.47. The third kappa shape index (κ3) is 2.64. The van der Waals surface area contributed by atoms with E-state index in [1.165, 1.54) is 11.6 Å². The largest absolute Gasteiger partial charge is 0.324 e. The van der Waals surface area contributed by atoms with Gasteiger partial charge in [-0.3, -0.25) is 10.1 Å². The molecule has 2 atom stereocenters. The van der Waals surface area contributed by atoms with E-state index in [9.17, 15) is 10.1 Å². The number of halogens is 1. The van der Waals surface area contributed by atoms with Gasteiger partial charge < -0.3 is 5.73 Å². The molecule has 0 bridgehead atoms. The standard InChI is InChI=1S/C16H15ClN2O2/c17-13-5-6-15(19(20)21)11(9-13)8-12-7-10-3-1-2-4-14(10)16(12)18/h1-6,9,12,16H,7-8,18H2. The van der Waals surface area contributed by atoms with Gasteiger partial charge in [0.15, 0.2) is 0 Å². The number of hydrogen-bond acceptors (Lipinski definition) is 3. The second-order valence-electron chi connectivity index (χ2n) is 5.42. The summed E-state index contributed by atoms with van der Waals surface area (Å²) in [5, 5.41) is 11.7. The SMILES string of the molecule is NC1c2ccccc2CC1Cc1cc(Cl)ccc1[N+](=O)[O-]. The molecule has 0 saturated carbocycles. The van der Waals surface area contributed by atoms with E-state index in [1.54, 1.807) is 12.1 Å². The summed E-state index contributed by atoms with van der Waals surface area (Å²) in [5.74, 6) is 0.166. The maximum Gasteiger partial charge on any atom is 0.272 e. The van der Waals surface area contributed by atoms with Crippen LogP contribution in [0.5, 0.6) is 0 Å². The van der Waals surface area contributed by atoms with Crippen molar-refractivity contribution >= 4 is 17.3 Å². The van der Waals surface area contributed by atoms with E-state index in [1.807, 2.05) is 18.2 Å². The molecule has 2 unspecified atom stereocenters. The number of nitro benzene ring substituents is 1. The van der Waals surface area contributed by atoms with Gasteiger partial charge in [-0.2, -0.15) is 0 Å². The van der Waals surface area contributed by atoms with Gasteiger partial charge in [-0.15, -0.1) is 0 Å². The highest BCUT2D eigenvalue weighted by Gasteiger charge is 2.31. The monoisotopic (exact) mass is 302 g/mol. The van der Waals surface area contributed by atoms with Gasteiger partial charge in [0, 0.05) is 22.7 Å². The number of rotatable bonds is 3. The predicted octanol–water partition coefficient (Wildman–Crippen LogP) is 3.66. The first-order valence-electron chi connectivity index (χ1n) is 6.82. The summed E-state index contributed by atoms with van der Waals surface area (Å²) in [7, 11) is 0. The Morgan fingerprint density at radius 1 is 1.29 bits per heavy atom. The maximum absolute atomic E-state index is 11.1. The highest BCUT2D eigenvalue weighted by Crippen LogP contribution is 2.37. The molecule has 0 radical (unpaired) electrons. The van der Waals surface area contributed by atoms with Crippen LogP contribution in [-0.4, -0.2) is 4.92 Å². The van der Waals surface area contributed by atoms with Crippen molar-refractivity contribution in [2.24, 2.45) is 11.7 Å². The molecule has 1 aliphatic carbocycles. The Labute approximate surface area is 127 Å². The van der Waals surface area contributed by atoms with Gasteiger partial charge >= 0.3 is 0 Å². The summed E-state index contributed by atoms with van der Waals surface area (Å²) in [4.78, 5) is 10.8. The van der Waals surface area contributed by atoms with E-state index in [-0.39, 0.29) is 22.6 Å². The molecule has 0 fully saturated rings. The van der Waals surface area contributed by atoms with E-state index >= 15 is 0 Å². The number of hydrogen-bond donors (Lipinski definition) is 1. The van der Waals surface area contributed by atoms with Crippen LogP contribution >= 0.6 is 11.6 Å². The number of fused-ring (bicyclic) bond motifs is 1. The molecule has 5 heteroatoms. The molecule has 4 nitrogen and oxygen atoms in total. The minimum Gasteiger partial charge on any atom is -0.324 e. The molecule has 2 N–H and O–H groups in total. The Kier molecular flexibility index (Phi) is 3.66. The summed E-state index contributed by atoms with van der Waals surface area (Å²) in [5.41, 5.74) is 9.45. The fraction of sp³-hybridized carbons (Fsp3) is 0.250. The molecule has 108 valence electrons. The van der Waals surface area contributed by atoms with Gasteiger partial charge in [-0.25, -0.2) is 0 Å². The van der Waals surface area contributed by atoms with E-state index < -0.39 is 0 Å². The molecular weight excluding hydrogens is 288 g/mol. The van der Waals surface area contributed by atoms with Crippen molar-refractivity contribution < 1.29 is 4.92 Å². The normalized spacial score (nSPS) is 20.3. The molecule has 0 heterocycles. The Balaban J connectivity index is 1.89. The van der Waals surface area contributed by atoms with Crippen molar-refractivity contribution in [2.75, 3.05) is 0 Å². The zero-order chi connectivity index (χ0) is 15.0. The number of nitrogens with zero attached hydrogens (tertiary/aromatic N) is 1. The number of benzene rings is 2. The first kappa shape index (κ1) is 14.0. The van der Waals surface area contributed by atoms with Crippen LogP contribution in [0.2, 0.25) is 5.02 Å². The average Bonchev–Trinajstić information content (AvgIpc) is 2.76. The van der Waals surface area contributed by atoms with Crippen LogP contribution in [0.15, 0.2) is 42.5 Å². The molecule has 0 aliphatic heterocycles. The van der Waals surface area contributed by atoms with E-state index in [4.69, 9.17) is 17.3 Å². The fourth-order valence-corrected chi connectivity index (χ4v) is 3.28. The number of nitro groups is 1. The molecule has 0 saturated heterocycles. The van der Waals surface area contributed by atoms with Crippen molar-refractivity contribution in [1.82, 2.24) is 0 Å². The van der Waals surface area contributed by atoms with Crippen LogP contribution in [0.25, 0.3) is 0 Å². The van der Waals surface area contributed by atoms with Gasteiger partial charge in [-0.05, 0) is 42.0 Å². The number of nitrogens with two attached hydrogens (primary N) is 1. The van der Waals surface area contributed by atoms with Crippen LogP contribution in [0.1, 0.15) is 22.7 Å². The average molecular weight is 303 g/mol. The Morgan fingerprint density at radius 3 is 2.76 bits per heavy atom. The highest BCUT2D eigenvalue weighted by molar-refractivity contribution is 6.30. The minimum absolute atomic E-state index is 0.0835. The van der Waals surface area contributed by atoms with Crippen molar-refractivity contribution in [3.8, 4) is 0 Å². The zero-order valence-electron chi connectivity index (χ0n) is 11.3. The quantitative estimate of drug-likeness (QED) is 0.695. The fourth-order valence-electron chi connectivity index (χ4n) is 3.09. The third-order valence-electron chi connectivity index (χ3n) is 4.12. The van der Waals surface area contributed by atoms with Crippen LogP contribution in [-0.2, 0) is 12.8 Å². The summed E-state index contributed by atoms with van der Waals surface area (Å²) in [6.07, 6.45) is 1.41. The van der Waals surface area contributed by atoms with Crippen molar-refractivity contribution in [1.29, 1.82) is 0 Å². The van der Waals surface area contributed by atoms with Gasteiger partial charge in [-0.1, -0.05) is 35.9 Å². The maximum atomic E-state index is 11.1. The molecule has 21 heavy (non-hydrogen) atoms. The van der Waals surface area contributed by atoms with Gasteiger partial charge in [0.2, 0.25) is 0 Å². The molecular formula is C16H15ClN2O2. The lowest BCUT2D eigenvalue weighted by Gasteiger charge is -2.16. The first-order chi connectivity index (χ1) is 10.1. The van der Waals surface area contributed by atoms with Crippen LogP contribution in [0, 0.1) is 16.0 Å². The summed E-state index contributed by atoms with van der Waals surface area (Å²) >= 11 is 5.98. The van der Waals surface area contributed by atoms with Crippen LogP contribution < -0.4 is 5.73 Å². The van der Waals surface area contributed by atoms with E-state index in [0.29, 0.717) is 17.0 Å². The lowest BCUT2D eigenvalue weighted by Crippen LogP contribution is -2.19. The van der Waals surface area contributed by atoms with E-state index in [2.05, 4.69) is 6.07 Å². The minimum atomic E-state index is -0.362. The molecule has 2 aromatic carbocycles. The van der Waals surface area contributed by atoms with Crippen molar-refractivity contribution in [3.63, 3.8) is 0 Å². The third-order valence-corrected chi connectivity index (χ3v) is 4.36. The Morgan fingerprint density at radius 2 is 2.05 bits per heavy atom. The topological polar surface area (TPSA) is 69.2 Å². The van der Waals surface area contributed by atoms with E-state index in [0.717, 1.165) is 12.0 Å². The lowest BCUT2D eigenvalue weighted by atomic mass is 9.92. The Hall–Kier alpha value is -1.91. The summed E-state index contributed by atoms with van der Waals surface area (Å²) in [6, 6.07) is 12.7. The molecule has 1 aliphatic rings. The van der Waals surface area contributed by atoms with Crippen LogP contribution in [0.4, 0.5) is 5.69 Å². The first-order valence-corrected chi connectivity index (χ1v) is 7.20. The molecule has 3 rings (SSSR count). The Bertz CT molecular complexity index is 702. The van der Waals surface area contributed by atoms with Crippen molar-refractivity contribution in [3.05, 3.63) is 74.3 Å². The van der Waals surface area contributed by atoms with Gasteiger partial charge in [0.1, 0.15) is 0 Å². The summed E-state index contributed by atoms with van der Waals surface area (Å²) in [6.45, 7) is 0. The smallest absolute Gasteiger partial charge is 0.272 e. The second-order valence-corrected chi connectivity index (χ2v) is 5.86. The van der Waals surface area contributed by atoms with Gasteiger partial charge in [0.25, 0.3) is 5.69 Å². The highest BCUT2D eigenvalue weighted by atomic mass is 35.5. The molecule has 0 amide bonds. The molecule has 0 aromatic heterocycles. The predicted molar refractivity (Wildman–Crippen MR) is 82.4 cm³/mol.